The van der Waals surface area contributed by atoms with E-state index in [0.717, 1.165) is 25.7 Å². The second-order valence-electron chi connectivity index (χ2n) is 11.3. The smallest absolute Gasteiger partial charge is 0.234 e. The summed E-state index contributed by atoms with van der Waals surface area (Å²) in [5, 5.41) is 0. The van der Waals surface area contributed by atoms with E-state index in [1.807, 2.05) is 0 Å². The Bertz CT molecular complexity index is 1060. The fraction of sp³-hybridized carbons (Fsp3) is 0.576. The second kappa shape index (κ2) is 11.5. The molecule has 2 aromatic carbocycles. The summed E-state index contributed by atoms with van der Waals surface area (Å²) < 4.78 is 6.46. The molecule has 1 saturated heterocycles. The Morgan fingerprint density at radius 2 is 1.30 bits per heavy atom. The van der Waals surface area contributed by atoms with Crippen molar-refractivity contribution in [2.75, 3.05) is 19.8 Å². The zero-order valence-electron chi connectivity index (χ0n) is 22.7. The summed E-state index contributed by atoms with van der Waals surface area (Å²) >= 11 is 0. The van der Waals surface area contributed by atoms with Gasteiger partial charge in [-0.05, 0) is 35.1 Å². The standard InChI is InChI=1S/C33H43NO3/c1-3-5-7-9-15-21-34-31(35)29-28-24-17-11-13-19-26(24)33(30(29)32(34)36,27-20-14-12-18-25(27)28)23-37-22-16-10-8-6-4-2/h11-14,17-20,28-30H,3-10,15-16,21-23H2,1-2H3. The van der Waals surface area contributed by atoms with Crippen LogP contribution >= 0.6 is 0 Å². The third-order valence-corrected chi connectivity index (χ3v) is 9.09. The predicted octanol–water partition coefficient (Wildman–Crippen LogP) is 6.99. The lowest BCUT2D eigenvalue weighted by Crippen LogP contribution is -2.56. The van der Waals surface area contributed by atoms with Gasteiger partial charge in [-0.15, -0.1) is 0 Å². The minimum atomic E-state index is -0.611. The molecule has 0 aromatic heterocycles. The molecule has 4 heteroatoms. The second-order valence-corrected chi connectivity index (χ2v) is 11.3. The summed E-state index contributed by atoms with van der Waals surface area (Å²) in [5.41, 5.74) is 4.19. The Morgan fingerprint density at radius 1 is 0.730 bits per heavy atom. The van der Waals surface area contributed by atoms with Crippen LogP contribution in [0.15, 0.2) is 48.5 Å². The van der Waals surface area contributed by atoms with E-state index >= 15 is 0 Å². The molecule has 6 rings (SSSR count). The van der Waals surface area contributed by atoms with Gasteiger partial charge in [0.2, 0.25) is 11.8 Å². The SMILES string of the molecule is CCCCCCCOCC12c3ccccc3C(c3ccccc31)C1C(=O)N(CCCCCCC)C(=O)C12. The number of hydrogen-bond acceptors (Lipinski definition) is 3. The molecule has 1 aliphatic heterocycles. The van der Waals surface area contributed by atoms with Gasteiger partial charge in [0.05, 0.1) is 23.9 Å². The van der Waals surface area contributed by atoms with Gasteiger partial charge in [-0.3, -0.25) is 14.5 Å². The Kier molecular flexibility index (Phi) is 8.14. The van der Waals surface area contributed by atoms with Gasteiger partial charge in [-0.25, -0.2) is 0 Å². The van der Waals surface area contributed by atoms with Crippen LogP contribution in [0.5, 0.6) is 0 Å². The van der Waals surface area contributed by atoms with Crippen LogP contribution in [0, 0.1) is 11.8 Å². The van der Waals surface area contributed by atoms with E-state index in [4.69, 9.17) is 4.74 Å². The van der Waals surface area contributed by atoms with E-state index in [2.05, 4.69) is 62.4 Å². The predicted molar refractivity (Wildman–Crippen MR) is 148 cm³/mol. The molecule has 0 saturated carbocycles. The number of rotatable bonds is 14. The van der Waals surface area contributed by atoms with E-state index in [0.29, 0.717) is 19.8 Å². The monoisotopic (exact) mass is 501 g/mol. The average molecular weight is 502 g/mol. The van der Waals surface area contributed by atoms with Crippen LogP contribution in [-0.4, -0.2) is 36.5 Å². The molecule has 3 aliphatic carbocycles. The molecule has 2 bridgehead atoms. The number of amides is 2. The molecule has 0 N–H and O–H groups in total. The van der Waals surface area contributed by atoms with Crippen molar-refractivity contribution in [2.45, 2.75) is 89.4 Å². The number of likely N-dealkylation sites (tertiary alicyclic amines) is 1. The number of carbonyl (C=O) groups is 2. The molecule has 2 atom stereocenters. The van der Waals surface area contributed by atoms with E-state index in [-0.39, 0.29) is 29.6 Å². The van der Waals surface area contributed by atoms with E-state index in [9.17, 15) is 9.59 Å². The molecule has 2 amide bonds. The molecular weight excluding hydrogens is 458 g/mol. The molecule has 2 aromatic rings. The van der Waals surface area contributed by atoms with Crippen LogP contribution in [0.25, 0.3) is 0 Å². The first-order valence-corrected chi connectivity index (χ1v) is 14.8. The van der Waals surface area contributed by atoms with Crippen molar-refractivity contribution in [3.05, 3.63) is 70.8 Å². The number of benzene rings is 2. The molecular formula is C33H43NO3. The molecule has 1 heterocycles. The van der Waals surface area contributed by atoms with Gasteiger partial charge in [-0.2, -0.15) is 0 Å². The molecule has 4 nitrogen and oxygen atoms in total. The Labute approximate surface area is 222 Å². The van der Waals surface area contributed by atoms with Crippen LogP contribution in [0.4, 0.5) is 0 Å². The molecule has 2 unspecified atom stereocenters. The molecule has 1 fully saturated rings. The fourth-order valence-electron chi connectivity index (χ4n) is 7.37. The molecule has 0 spiro atoms. The average Bonchev–Trinajstić information content (AvgIpc) is 3.18. The number of ether oxygens (including phenoxy) is 1. The third-order valence-electron chi connectivity index (χ3n) is 9.09. The van der Waals surface area contributed by atoms with Crippen molar-refractivity contribution in [2.24, 2.45) is 11.8 Å². The minimum absolute atomic E-state index is 0.0195. The number of imide groups is 1. The third kappa shape index (κ3) is 4.46. The Hall–Kier alpha value is -2.46. The first-order chi connectivity index (χ1) is 18.2. The van der Waals surface area contributed by atoms with Crippen molar-refractivity contribution < 1.29 is 14.3 Å². The Balaban J connectivity index is 1.47. The van der Waals surface area contributed by atoms with Crippen molar-refractivity contribution in [3.8, 4) is 0 Å². The summed E-state index contributed by atoms with van der Waals surface area (Å²) in [6.45, 7) is 6.12. The first-order valence-electron chi connectivity index (χ1n) is 14.8. The van der Waals surface area contributed by atoms with Gasteiger partial charge in [0.15, 0.2) is 0 Å². The topological polar surface area (TPSA) is 46.6 Å². The van der Waals surface area contributed by atoms with Crippen molar-refractivity contribution in [1.82, 2.24) is 4.90 Å². The maximum atomic E-state index is 14.1. The molecule has 0 radical (unpaired) electrons. The van der Waals surface area contributed by atoms with Gasteiger partial charge in [0, 0.05) is 19.1 Å². The zero-order valence-corrected chi connectivity index (χ0v) is 22.7. The first kappa shape index (κ1) is 26.2. The van der Waals surface area contributed by atoms with Crippen molar-refractivity contribution in [3.63, 3.8) is 0 Å². The van der Waals surface area contributed by atoms with Crippen LogP contribution in [-0.2, 0) is 19.7 Å². The summed E-state index contributed by atoms with van der Waals surface area (Å²) in [4.78, 5) is 29.7. The molecule has 4 aliphatic rings. The van der Waals surface area contributed by atoms with Gasteiger partial charge in [0.25, 0.3) is 0 Å². The fourth-order valence-corrected chi connectivity index (χ4v) is 7.37. The highest BCUT2D eigenvalue weighted by atomic mass is 16.5. The van der Waals surface area contributed by atoms with Crippen LogP contribution < -0.4 is 0 Å². The summed E-state index contributed by atoms with van der Waals surface area (Å²) in [6, 6.07) is 17.0. The van der Waals surface area contributed by atoms with Crippen LogP contribution in [0.1, 0.15) is 106 Å². The van der Waals surface area contributed by atoms with E-state index in [1.165, 1.54) is 60.8 Å². The normalized spacial score (nSPS) is 25.4. The van der Waals surface area contributed by atoms with Gasteiger partial charge in [0.1, 0.15) is 0 Å². The number of unbranched alkanes of at least 4 members (excludes halogenated alkanes) is 8. The van der Waals surface area contributed by atoms with E-state index in [1.54, 1.807) is 4.90 Å². The summed E-state index contributed by atoms with van der Waals surface area (Å²) in [5.74, 6) is -0.726. The van der Waals surface area contributed by atoms with Gasteiger partial charge < -0.3 is 4.74 Å². The quantitative estimate of drug-likeness (QED) is 0.207. The minimum Gasteiger partial charge on any atom is -0.380 e. The number of nitrogens with zero attached hydrogens (tertiary/aromatic N) is 1. The summed E-state index contributed by atoms with van der Waals surface area (Å²) in [7, 11) is 0. The van der Waals surface area contributed by atoms with Crippen molar-refractivity contribution >= 4 is 11.8 Å². The van der Waals surface area contributed by atoms with Gasteiger partial charge >= 0.3 is 0 Å². The molecule has 37 heavy (non-hydrogen) atoms. The number of hydrogen-bond donors (Lipinski definition) is 0. The van der Waals surface area contributed by atoms with E-state index < -0.39 is 5.41 Å². The maximum absolute atomic E-state index is 14.1. The number of carbonyl (C=O) groups excluding carboxylic acids is 2. The largest absolute Gasteiger partial charge is 0.380 e. The highest BCUT2D eigenvalue weighted by molar-refractivity contribution is 6.08. The van der Waals surface area contributed by atoms with Crippen LogP contribution in [0.2, 0.25) is 0 Å². The van der Waals surface area contributed by atoms with Gasteiger partial charge in [-0.1, -0.05) is 114 Å². The Morgan fingerprint density at radius 3 is 1.92 bits per heavy atom. The highest BCUT2D eigenvalue weighted by Gasteiger charge is 2.67. The van der Waals surface area contributed by atoms with Crippen LogP contribution in [0.3, 0.4) is 0 Å². The maximum Gasteiger partial charge on any atom is 0.234 e. The van der Waals surface area contributed by atoms with Crippen molar-refractivity contribution in [1.29, 1.82) is 0 Å². The lowest BCUT2D eigenvalue weighted by Gasteiger charge is -2.54. The summed E-state index contributed by atoms with van der Waals surface area (Å²) in [6.07, 6.45) is 11.5. The zero-order chi connectivity index (χ0) is 25.8. The highest BCUT2D eigenvalue weighted by Crippen LogP contribution is 2.64. The lowest BCUT2D eigenvalue weighted by atomic mass is 9.47. The lowest BCUT2D eigenvalue weighted by molar-refractivity contribution is -0.140. The molecule has 198 valence electrons.